The Bertz CT molecular complexity index is 401. The molecule has 1 aromatic rings. The van der Waals surface area contributed by atoms with Gasteiger partial charge < -0.3 is 10.6 Å². The van der Waals surface area contributed by atoms with Crippen LogP contribution in [0, 0.1) is 0 Å². The fraction of sp³-hybridized carbons (Fsp3) is 0.467. The summed E-state index contributed by atoms with van der Waals surface area (Å²) in [6, 6.07) is 5.80. The minimum Gasteiger partial charge on any atom is -0.370 e. The Balaban J connectivity index is 2.06. The molecule has 104 valence electrons. The third-order valence-corrected chi connectivity index (χ3v) is 2.73. The topological polar surface area (TPSA) is 54.0 Å². The lowest BCUT2D eigenvalue weighted by molar-refractivity contribution is -0.117. The molecule has 4 nitrogen and oxygen atoms in total. The third kappa shape index (κ3) is 6.60. The standard InChI is InChI=1S/C15H23N3O/c1-3-8-13(2)15(19)18-12-7-6-11-17-14-9-4-5-10-16-14/h4-5,8-10H,3,6-7,11-12H2,1-2H3,(H,16,17)(H,18,19)/b13-8-. The molecule has 1 rings (SSSR count). The van der Waals surface area contributed by atoms with Gasteiger partial charge in [-0.3, -0.25) is 4.79 Å². The molecule has 4 heteroatoms. The smallest absolute Gasteiger partial charge is 0.246 e. The molecule has 0 spiro atoms. The van der Waals surface area contributed by atoms with Crippen molar-refractivity contribution in [3.63, 3.8) is 0 Å². The number of nitrogens with zero attached hydrogens (tertiary/aromatic N) is 1. The molecule has 0 fully saturated rings. The Kier molecular flexibility index (Phi) is 7.32. The van der Waals surface area contributed by atoms with Crippen LogP contribution in [0.1, 0.15) is 33.1 Å². The Morgan fingerprint density at radius 1 is 1.32 bits per heavy atom. The minimum absolute atomic E-state index is 0.0412. The molecule has 1 amide bonds. The number of allylic oxidation sites excluding steroid dienone is 1. The molecular formula is C15H23N3O. The predicted molar refractivity (Wildman–Crippen MR) is 79.0 cm³/mol. The van der Waals surface area contributed by atoms with Crippen LogP contribution >= 0.6 is 0 Å². The molecule has 1 heterocycles. The fourth-order valence-corrected chi connectivity index (χ4v) is 1.67. The number of nitrogens with one attached hydrogen (secondary N) is 2. The quantitative estimate of drug-likeness (QED) is 0.559. The van der Waals surface area contributed by atoms with Crippen molar-refractivity contribution in [2.45, 2.75) is 33.1 Å². The summed E-state index contributed by atoms with van der Waals surface area (Å²) in [5.41, 5.74) is 0.800. The first kappa shape index (κ1) is 15.2. The van der Waals surface area contributed by atoms with E-state index in [1.165, 1.54) is 0 Å². The fourth-order valence-electron chi connectivity index (χ4n) is 1.67. The molecule has 0 bridgehead atoms. The maximum absolute atomic E-state index is 11.6. The van der Waals surface area contributed by atoms with Gasteiger partial charge in [0, 0.05) is 24.9 Å². The first-order valence-corrected chi connectivity index (χ1v) is 6.84. The van der Waals surface area contributed by atoms with E-state index in [9.17, 15) is 4.79 Å². The van der Waals surface area contributed by atoms with Gasteiger partial charge in [0.25, 0.3) is 0 Å². The van der Waals surface area contributed by atoms with Crippen molar-refractivity contribution < 1.29 is 4.79 Å². The van der Waals surface area contributed by atoms with E-state index in [0.29, 0.717) is 0 Å². The van der Waals surface area contributed by atoms with Gasteiger partial charge in [0.2, 0.25) is 5.91 Å². The van der Waals surface area contributed by atoms with E-state index in [2.05, 4.69) is 15.6 Å². The highest BCUT2D eigenvalue weighted by atomic mass is 16.1. The van der Waals surface area contributed by atoms with Crippen molar-refractivity contribution in [2.75, 3.05) is 18.4 Å². The van der Waals surface area contributed by atoms with E-state index in [0.717, 1.165) is 43.7 Å². The van der Waals surface area contributed by atoms with Crippen LogP contribution in [0.5, 0.6) is 0 Å². The first-order chi connectivity index (χ1) is 9.24. The normalized spacial score (nSPS) is 11.2. The Morgan fingerprint density at radius 3 is 2.79 bits per heavy atom. The Labute approximate surface area is 115 Å². The average molecular weight is 261 g/mol. The highest BCUT2D eigenvalue weighted by molar-refractivity contribution is 5.92. The summed E-state index contributed by atoms with van der Waals surface area (Å²) in [4.78, 5) is 15.8. The second-order valence-electron chi connectivity index (χ2n) is 4.40. The van der Waals surface area contributed by atoms with Gasteiger partial charge >= 0.3 is 0 Å². The number of pyridine rings is 1. The van der Waals surface area contributed by atoms with Crippen LogP contribution in [0.15, 0.2) is 36.0 Å². The molecular weight excluding hydrogens is 238 g/mol. The number of amides is 1. The van der Waals surface area contributed by atoms with Crippen LogP contribution in [0.25, 0.3) is 0 Å². The molecule has 0 saturated heterocycles. The van der Waals surface area contributed by atoms with Gasteiger partial charge in [-0.25, -0.2) is 4.98 Å². The number of carbonyl (C=O) groups excluding carboxylic acids is 1. The van der Waals surface area contributed by atoms with E-state index < -0.39 is 0 Å². The third-order valence-electron chi connectivity index (χ3n) is 2.73. The zero-order valence-electron chi connectivity index (χ0n) is 11.8. The van der Waals surface area contributed by atoms with Crippen LogP contribution < -0.4 is 10.6 Å². The number of hydrogen-bond donors (Lipinski definition) is 2. The van der Waals surface area contributed by atoms with Gasteiger partial charge in [-0.15, -0.1) is 0 Å². The summed E-state index contributed by atoms with van der Waals surface area (Å²) >= 11 is 0. The van der Waals surface area contributed by atoms with Gasteiger partial charge in [-0.1, -0.05) is 19.1 Å². The highest BCUT2D eigenvalue weighted by Crippen LogP contribution is 2.00. The van der Waals surface area contributed by atoms with E-state index in [-0.39, 0.29) is 5.91 Å². The van der Waals surface area contributed by atoms with Crippen LogP contribution in [-0.2, 0) is 4.79 Å². The zero-order chi connectivity index (χ0) is 13.9. The van der Waals surface area contributed by atoms with Crippen molar-refractivity contribution in [2.24, 2.45) is 0 Å². The molecule has 1 aromatic heterocycles. The summed E-state index contributed by atoms with van der Waals surface area (Å²) in [5, 5.41) is 6.16. The number of aromatic nitrogens is 1. The molecule has 0 aromatic carbocycles. The maximum atomic E-state index is 11.6. The minimum atomic E-state index is 0.0412. The Morgan fingerprint density at radius 2 is 2.11 bits per heavy atom. The lowest BCUT2D eigenvalue weighted by Crippen LogP contribution is -2.25. The number of rotatable bonds is 8. The molecule has 19 heavy (non-hydrogen) atoms. The van der Waals surface area contributed by atoms with E-state index in [1.54, 1.807) is 6.20 Å². The second-order valence-corrected chi connectivity index (χ2v) is 4.40. The molecule has 0 aliphatic carbocycles. The van der Waals surface area contributed by atoms with Gasteiger partial charge in [0.1, 0.15) is 5.82 Å². The highest BCUT2D eigenvalue weighted by Gasteiger charge is 2.01. The van der Waals surface area contributed by atoms with Crippen molar-refractivity contribution in [1.82, 2.24) is 10.3 Å². The molecule has 0 aliphatic heterocycles. The number of anilines is 1. The molecule has 0 unspecified atom stereocenters. The van der Waals surface area contributed by atoms with E-state index in [4.69, 9.17) is 0 Å². The second kappa shape index (κ2) is 9.14. The van der Waals surface area contributed by atoms with E-state index in [1.807, 2.05) is 38.1 Å². The lowest BCUT2D eigenvalue weighted by atomic mass is 10.2. The molecule has 2 N–H and O–H groups in total. The molecule has 0 aliphatic rings. The number of hydrogen-bond acceptors (Lipinski definition) is 3. The molecule has 0 saturated carbocycles. The predicted octanol–water partition coefficient (Wildman–Crippen LogP) is 2.75. The van der Waals surface area contributed by atoms with Gasteiger partial charge in [-0.2, -0.15) is 0 Å². The van der Waals surface area contributed by atoms with Crippen molar-refractivity contribution in [3.8, 4) is 0 Å². The molecule has 0 radical (unpaired) electrons. The van der Waals surface area contributed by atoms with Crippen LogP contribution in [-0.4, -0.2) is 24.0 Å². The molecule has 0 atom stereocenters. The van der Waals surface area contributed by atoms with Gasteiger partial charge in [0.05, 0.1) is 0 Å². The maximum Gasteiger partial charge on any atom is 0.246 e. The first-order valence-electron chi connectivity index (χ1n) is 6.84. The van der Waals surface area contributed by atoms with Crippen molar-refractivity contribution in [3.05, 3.63) is 36.0 Å². The van der Waals surface area contributed by atoms with Gasteiger partial charge in [-0.05, 0) is 38.3 Å². The lowest BCUT2D eigenvalue weighted by Gasteiger charge is -2.07. The van der Waals surface area contributed by atoms with Crippen LogP contribution in [0.3, 0.4) is 0 Å². The summed E-state index contributed by atoms with van der Waals surface area (Å²) in [5.74, 6) is 0.938. The largest absolute Gasteiger partial charge is 0.370 e. The average Bonchev–Trinajstić information content (AvgIpc) is 2.43. The Hall–Kier alpha value is -1.84. The van der Waals surface area contributed by atoms with E-state index >= 15 is 0 Å². The SMILES string of the molecule is CC/C=C(/C)C(=O)NCCCCNc1ccccn1. The monoisotopic (exact) mass is 261 g/mol. The summed E-state index contributed by atoms with van der Waals surface area (Å²) < 4.78 is 0. The van der Waals surface area contributed by atoms with Crippen molar-refractivity contribution >= 4 is 11.7 Å². The number of unbranched alkanes of at least 4 members (excludes halogenated alkanes) is 1. The van der Waals surface area contributed by atoms with Crippen LogP contribution in [0.4, 0.5) is 5.82 Å². The summed E-state index contributed by atoms with van der Waals surface area (Å²) in [6.45, 7) is 5.47. The van der Waals surface area contributed by atoms with Gasteiger partial charge in [0.15, 0.2) is 0 Å². The van der Waals surface area contributed by atoms with Crippen LogP contribution in [0.2, 0.25) is 0 Å². The number of carbonyl (C=O) groups is 1. The van der Waals surface area contributed by atoms with Crippen molar-refractivity contribution in [1.29, 1.82) is 0 Å². The summed E-state index contributed by atoms with van der Waals surface area (Å²) in [6.07, 6.45) is 6.58. The zero-order valence-corrected chi connectivity index (χ0v) is 11.8. The summed E-state index contributed by atoms with van der Waals surface area (Å²) in [7, 11) is 0.